The van der Waals surface area contributed by atoms with Crippen molar-refractivity contribution in [3.8, 4) is 17.9 Å². The van der Waals surface area contributed by atoms with Crippen LogP contribution in [-0.2, 0) is 10.1 Å². The van der Waals surface area contributed by atoms with Gasteiger partial charge in [-0.1, -0.05) is 6.07 Å². The van der Waals surface area contributed by atoms with Gasteiger partial charge in [0.15, 0.2) is 0 Å². The van der Waals surface area contributed by atoms with Gasteiger partial charge in [0, 0.05) is 0 Å². The molecule has 0 radical (unpaired) electrons. The molecule has 2 aromatic rings. The van der Waals surface area contributed by atoms with Crippen molar-refractivity contribution in [2.75, 3.05) is 0 Å². The maximum atomic E-state index is 12.0. The molecular formula is C14H8N2O3S. The van der Waals surface area contributed by atoms with E-state index in [1.54, 1.807) is 6.07 Å². The maximum absolute atomic E-state index is 12.0. The third kappa shape index (κ3) is 2.94. The Bertz CT molecular complexity index is 813. The molecule has 0 spiro atoms. The van der Waals surface area contributed by atoms with Crippen LogP contribution in [0.5, 0.6) is 5.75 Å². The Morgan fingerprint density at radius 1 is 0.900 bits per heavy atom. The average molecular weight is 284 g/mol. The first-order chi connectivity index (χ1) is 9.55. The van der Waals surface area contributed by atoms with Gasteiger partial charge in [-0.25, -0.2) is 0 Å². The number of nitrogens with zero attached hydrogens (tertiary/aromatic N) is 2. The molecule has 98 valence electrons. The third-order valence-corrected chi connectivity index (χ3v) is 3.70. The maximum Gasteiger partial charge on any atom is 0.339 e. The van der Waals surface area contributed by atoms with Crippen LogP contribution in [0, 0.1) is 22.7 Å². The zero-order valence-corrected chi connectivity index (χ0v) is 11.0. The molecule has 0 amide bonds. The fourth-order valence-electron chi connectivity index (χ4n) is 1.49. The summed E-state index contributed by atoms with van der Waals surface area (Å²) < 4.78 is 29.0. The van der Waals surface area contributed by atoms with Gasteiger partial charge in [-0.15, -0.1) is 0 Å². The molecule has 0 unspecified atom stereocenters. The summed E-state index contributed by atoms with van der Waals surface area (Å²) in [5.74, 6) is 0.0633. The molecule has 0 aliphatic rings. The monoisotopic (exact) mass is 284 g/mol. The zero-order chi connectivity index (χ0) is 14.6. The molecule has 0 atom stereocenters. The number of hydrogen-bond acceptors (Lipinski definition) is 5. The van der Waals surface area contributed by atoms with Crippen molar-refractivity contribution in [2.45, 2.75) is 4.90 Å². The highest BCUT2D eigenvalue weighted by Crippen LogP contribution is 2.19. The van der Waals surface area contributed by atoms with Gasteiger partial charge in [0.25, 0.3) is 0 Å². The van der Waals surface area contributed by atoms with E-state index >= 15 is 0 Å². The van der Waals surface area contributed by atoms with Crippen LogP contribution in [0.1, 0.15) is 11.1 Å². The minimum Gasteiger partial charge on any atom is -0.379 e. The van der Waals surface area contributed by atoms with Gasteiger partial charge in [-0.3, -0.25) is 0 Å². The topological polar surface area (TPSA) is 90.9 Å². The lowest BCUT2D eigenvalue weighted by molar-refractivity contribution is 0.486. The number of hydrogen-bond donors (Lipinski definition) is 0. The molecule has 0 aliphatic carbocycles. The second kappa shape index (κ2) is 5.43. The minimum absolute atomic E-state index is 0.0566. The van der Waals surface area contributed by atoms with Gasteiger partial charge < -0.3 is 4.18 Å². The Balaban J connectivity index is 2.31. The van der Waals surface area contributed by atoms with E-state index in [0.29, 0.717) is 11.1 Å². The minimum atomic E-state index is -3.98. The van der Waals surface area contributed by atoms with Crippen molar-refractivity contribution in [1.82, 2.24) is 0 Å². The van der Waals surface area contributed by atoms with Crippen molar-refractivity contribution >= 4 is 10.1 Å². The largest absolute Gasteiger partial charge is 0.379 e. The van der Waals surface area contributed by atoms with Crippen molar-refractivity contribution < 1.29 is 12.6 Å². The lowest BCUT2D eigenvalue weighted by Gasteiger charge is -2.07. The standard InChI is InChI=1S/C14H8N2O3S/c15-9-11-4-6-14(7-5-11)20(17,18)19-13-3-1-2-12(8-13)10-16/h1-8H. The van der Waals surface area contributed by atoms with Crippen LogP contribution in [0.25, 0.3) is 0 Å². The quantitative estimate of drug-likeness (QED) is 0.806. The highest BCUT2D eigenvalue weighted by molar-refractivity contribution is 7.87. The second-order valence-electron chi connectivity index (χ2n) is 3.81. The predicted molar refractivity (Wildman–Crippen MR) is 70.1 cm³/mol. The van der Waals surface area contributed by atoms with Crippen LogP contribution in [0.15, 0.2) is 53.4 Å². The van der Waals surface area contributed by atoms with Crippen LogP contribution in [0.4, 0.5) is 0 Å². The lowest BCUT2D eigenvalue weighted by atomic mass is 10.2. The molecule has 0 saturated heterocycles. The van der Waals surface area contributed by atoms with Crippen molar-refractivity contribution in [1.29, 1.82) is 10.5 Å². The Morgan fingerprint density at radius 2 is 1.55 bits per heavy atom. The summed E-state index contributed by atoms with van der Waals surface area (Å²) in [6, 6.07) is 15.0. The Kier molecular flexibility index (Phi) is 3.69. The van der Waals surface area contributed by atoms with Crippen molar-refractivity contribution in [2.24, 2.45) is 0 Å². The summed E-state index contributed by atoms with van der Waals surface area (Å²) in [5, 5.41) is 17.4. The van der Waals surface area contributed by atoms with E-state index in [1.165, 1.54) is 42.5 Å². The van der Waals surface area contributed by atoms with Gasteiger partial charge in [-0.05, 0) is 42.5 Å². The first kappa shape index (κ1) is 13.6. The summed E-state index contributed by atoms with van der Waals surface area (Å²) >= 11 is 0. The second-order valence-corrected chi connectivity index (χ2v) is 5.36. The third-order valence-electron chi connectivity index (χ3n) is 2.44. The van der Waals surface area contributed by atoms with Crippen LogP contribution in [0.2, 0.25) is 0 Å². The highest BCUT2D eigenvalue weighted by atomic mass is 32.2. The van der Waals surface area contributed by atoms with E-state index in [1.807, 2.05) is 12.1 Å². The molecule has 0 heterocycles. The fraction of sp³-hybridized carbons (Fsp3) is 0. The van der Waals surface area contributed by atoms with Crippen LogP contribution >= 0.6 is 0 Å². The van der Waals surface area contributed by atoms with E-state index in [-0.39, 0.29) is 10.6 Å². The van der Waals surface area contributed by atoms with E-state index in [0.717, 1.165) is 0 Å². The molecule has 0 saturated carbocycles. The van der Waals surface area contributed by atoms with Crippen LogP contribution in [0.3, 0.4) is 0 Å². The number of nitriles is 2. The fourth-order valence-corrected chi connectivity index (χ4v) is 2.41. The smallest absolute Gasteiger partial charge is 0.339 e. The molecule has 20 heavy (non-hydrogen) atoms. The SMILES string of the molecule is N#Cc1ccc(S(=O)(=O)Oc2cccc(C#N)c2)cc1. The van der Waals surface area contributed by atoms with E-state index in [9.17, 15) is 8.42 Å². The molecule has 0 aromatic heterocycles. The molecule has 5 nitrogen and oxygen atoms in total. The Hall–Kier alpha value is -2.83. The summed E-state index contributed by atoms with van der Waals surface area (Å²) in [6.45, 7) is 0. The Morgan fingerprint density at radius 3 is 2.15 bits per heavy atom. The molecule has 0 fully saturated rings. The lowest BCUT2D eigenvalue weighted by Crippen LogP contribution is -2.09. The van der Waals surface area contributed by atoms with Crippen LogP contribution < -0.4 is 4.18 Å². The summed E-state index contributed by atoms with van der Waals surface area (Å²) in [4.78, 5) is -0.0566. The Labute approximate surface area is 116 Å². The molecule has 0 N–H and O–H groups in total. The van der Waals surface area contributed by atoms with Gasteiger partial charge in [0.2, 0.25) is 0 Å². The van der Waals surface area contributed by atoms with E-state index in [4.69, 9.17) is 14.7 Å². The molecular weight excluding hydrogens is 276 g/mol. The van der Waals surface area contributed by atoms with Gasteiger partial charge >= 0.3 is 10.1 Å². The van der Waals surface area contributed by atoms with Gasteiger partial charge in [-0.2, -0.15) is 18.9 Å². The average Bonchev–Trinajstić information content (AvgIpc) is 2.47. The zero-order valence-electron chi connectivity index (χ0n) is 10.1. The van der Waals surface area contributed by atoms with Gasteiger partial charge in [0.05, 0.1) is 23.3 Å². The summed E-state index contributed by atoms with van der Waals surface area (Å²) in [6.07, 6.45) is 0. The molecule has 6 heteroatoms. The molecule has 2 aromatic carbocycles. The van der Waals surface area contributed by atoms with Crippen molar-refractivity contribution in [3.63, 3.8) is 0 Å². The molecule has 0 bridgehead atoms. The number of benzene rings is 2. The normalized spacial score (nSPS) is 10.3. The summed E-state index contributed by atoms with van der Waals surface area (Å²) in [7, 11) is -3.98. The van der Waals surface area contributed by atoms with Gasteiger partial charge in [0.1, 0.15) is 10.6 Å². The van der Waals surface area contributed by atoms with Crippen LogP contribution in [-0.4, -0.2) is 8.42 Å². The first-order valence-corrected chi connectivity index (χ1v) is 6.91. The summed E-state index contributed by atoms with van der Waals surface area (Å²) in [5.41, 5.74) is 0.660. The molecule has 0 aliphatic heterocycles. The molecule has 2 rings (SSSR count). The number of rotatable bonds is 3. The van der Waals surface area contributed by atoms with Crippen molar-refractivity contribution in [3.05, 3.63) is 59.7 Å². The van der Waals surface area contributed by atoms with E-state index in [2.05, 4.69) is 0 Å². The highest BCUT2D eigenvalue weighted by Gasteiger charge is 2.16. The predicted octanol–water partition coefficient (Wildman–Crippen LogP) is 2.20. The first-order valence-electron chi connectivity index (χ1n) is 5.50. The van der Waals surface area contributed by atoms with E-state index < -0.39 is 10.1 Å².